The van der Waals surface area contributed by atoms with Crippen LogP contribution < -0.4 is 0 Å². The van der Waals surface area contributed by atoms with Crippen molar-refractivity contribution in [1.29, 1.82) is 0 Å². The Morgan fingerprint density at radius 1 is 0.634 bits per heavy atom. The maximum Gasteiger partial charge on any atom is 0.419 e. The molecule has 0 aliphatic carbocycles. The van der Waals surface area contributed by atoms with Gasteiger partial charge in [-0.15, -0.1) is 0 Å². The Kier molecular flexibility index (Phi) is 5.48. The highest BCUT2D eigenvalue weighted by Gasteiger charge is 2.52. The van der Waals surface area contributed by atoms with Gasteiger partial charge < -0.3 is 0 Å². The summed E-state index contributed by atoms with van der Waals surface area (Å²) >= 11 is 2.28. The third-order valence-electron chi connectivity index (χ3n) is 8.27. The Bertz CT molecular complexity index is 2040. The molecule has 0 N–H and O–H groups in total. The second-order valence-corrected chi connectivity index (χ2v) is 11.7. The average Bonchev–Trinajstić information content (AvgIpc) is 3.64. The quantitative estimate of drug-likeness (QED) is 0.137. The molecule has 1 aromatic heterocycles. The number of halogens is 3. The van der Waals surface area contributed by atoms with E-state index in [2.05, 4.69) is 22.6 Å². The summed E-state index contributed by atoms with van der Waals surface area (Å²) < 4.78 is 36.8. The molecule has 2 nitrogen and oxygen atoms in total. The summed E-state index contributed by atoms with van der Waals surface area (Å²) in [4.78, 5) is 1.31. The van der Waals surface area contributed by atoms with Crippen LogP contribution in [-0.2, 0) is 6.17 Å². The predicted molar refractivity (Wildman–Crippen MR) is 170 cm³/mol. The zero-order valence-electron chi connectivity index (χ0n) is 21.8. The third kappa shape index (κ3) is 3.65. The number of hydrogen-bond donors (Lipinski definition) is 0. The van der Waals surface area contributed by atoms with Crippen molar-refractivity contribution >= 4 is 49.7 Å². The number of hydrogen-bond acceptors (Lipinski definition) is 1. The smallest absolute Gasteiger partial charge is 0.283 e. The highest BCUT2D eigenvalue weighted by atomic mass is 127. The van der Waals surface area contributed by atoms with E-state index in [0.717, 1.165) is 47.4 Å². The molecule has 6 aromatic rings. The fourth-order valence-electron chi connectivity index (χ4n) is 6.50. The molecule has 3 heterocycles. The number of aromatic nitrogens is 1. The van der Waals surface area contributed by atoms with Gasteiger partial charge in [0.05, 0.1) is 23.1 Å². The van der Waals surface area contributed by atoms with E-state index < -0.39 is 12.2 Å². The molecule has 0 radical (unpaired) electrons. The predicted octanol–water partition coefficient (Wildman–Crippen LogP) is 9.96. The van der Waals surface area contributed by atoms with E-state index in [9.17, 15) is 0 Å². The van der Waals surface area contributed by atoms with Crippen molar-refractivity contribution < 1.29 is 8.78 Å². The minimum absolute atomic E-state index is 0.493. The van der Waals surface area contributed by atoms with Crippen molar-refractivity contribution in [1.82, 2.24) is 9.47 Å². The summed E-state index contributed by atoms with van der Waals surface area (Å²) in [5.74, 6) is 0. The van der Waals surface area contributed by atoms with Crippen LogP contribution in [0, 0.1) is 3.57 Å². The van der Waals surface area contributed by atoms with Gasteiger partial charge in [-0.25, -0.2) is 0 Å². The minimum atomic E-state index is -3.34. The molecule has 2 aliphatic rings. The molecule has 0 saturated heterocycles. The molecule has 1 unspecified atom stereocenters. The van der Waals surface area contributed by atoms with Gasteiger partial charge in [-0.05, 0) is 85.6 Å². The molecule has 198 valence electrons. The van der Waals surface area contributed by atoms with Gasteiger partial charge in [0.15, 0.2) is 0 Å². The van der Waals surface area contributed by atoms with Crippen molar-refractivity contribution in [3.63, 3.8) is 0 Å². The standard InChI is InChI=1S/C36H23F2IN2/c37-36(38)40-31(29-13-5-9-23-7-1-3-11-27(23)29)19-21-33(40)35(25-15-17-26(39)18-16-25)34-22-20-32(41(34)36)30-14-6-10-24-8-2-4-12-28(24)30/h1-22,31H. The second kappa shape index (κ2) is 9.14. The van der Waals surface area contributed by atoms with Crippen LogP contribution in [0.5, 0.6) is 0 Å². The van der Waals surface area contributed by atoms with Crippen LogP contribution in [0.3, 0.4) is 0 Å². The Hall–Kier alpha value is -4.23. The summed E-state index contributed by atoms with van der Waals surface area (Å²) in [6.07, 6.45) is 0.460. The first kappa shape index (κ1) is 24.6. The molecule has 8 rings (SSSR count). The summed E-state index contributed by atoms with van der Waals surface area (Å²) in [5, 5.41) is 3.98. The van der Waals surface area contributed by atoms with Crippen LogP contribution >= 0.6 is 22.6 Å². The van der Waals surface area contributed by atoms with Gasteiger partial charge in [0.25, 0.3) is 0 Å². The zero-order valence-corrected chi connectivity index (χ0v) is 24.0. The van der Waals surface area contributed by atoms with E-state index in [-0.39, 0.29) is 0 Å². The Balaban J connectivity index is 1.41. The SMILES string of the molecule is FC1(F)N2C(=C(c3ccc(I)cc3)c3ccc(-c4cccc5ccccc45)n31)C=CC2c1cccc2ccccc12. The van der Waals surface area contributed by atoms with E-state index in [1.54, 1.807) is 0 Å². The molecule has 41 heavy (non-hydrogen) atoms. The second-order valence-electron chi connectivity index (χ2n) is 10.5. The lowest BCUT2D eigenvalue weighted by molar-refractivity contribution is -0.207. The maximum absolute atomic E-state index is 17.2. The zero-order chi connectivity index (χ0) is 27.7. The summed E-state index contributed by atoms with van der Waals surface area (Å²) in [5.41, 5.74) is 4.89. The first-order chi connectivity index (χ1) is 20.0. The fourth-order valence-corrected chi connectivity index (χ4v) is 6.86. The third-order valence-corrected chi connectivity index (χ3v) is 8.99. The van der Waals surface area contributed by atoms with Crippen LogP contribution in [0.1, 0.15) is 22.9 Å². The number of alkyl halides is 2. The molecule has 5 heteroatoms. The number of benzene rings is 5. The van der Waals surface area contributed by atoms with Crippen LogP contribution in [-0.4, -0.2) is 9.47 Å². The average molecular weight is 648 g/mol. The summed E-state index contributed by atoms with van der Waals surface area (Å²) in [6, 6.07) is 39.0. The number of rotatable bonds is 3. The molecule has 1 atom stereocenters. The number of fused-ring (bicyclic) bond motifs is 4. The monoisotopic (exact) mass is 648 g/mol. The van der Waals surface area contributed by atoms with Gasteiger partial charge in [-0.2, -0.15) is 8.78 Å². The van der Waals surface area contributed by atoms with E-state index >= 15 is 8.78 Å². The van der Waals surface area contributed by atoms with E-state index in [1.165, 1.54) is 9.47 Å². The topological polar surface area (TPSA) is 8.17 Å². The first-order valence-corrected chi connectivity index (χ1v) is 14.6. The summed E-state index contributed by atoms with van der Waals surface area (Å²) in [6.45, 7) is 0. The lowest BCUT2D eigenvalue weighted by atomic mass is 9.96. The lowest BCUT2D eigenvalue weighted by Crippen LogP contribution is -2.46. The van der Waals surface area contributed by atoms with Crippen LogP contribution in [0.25, 0.3) is 38.4 Å². The van der Waals surface area contributed by atoms with Crippen LogP contribution in [0.15, 0.2) is 139 Å². The van der Waals surface area contributed by atoms with Crippen LogP contribution in [0.4, 0.5) is 8.78 Å². The largest absolute Gasteiger partial charge is 0.419 e. The first-order valence-electron chi connectivity index (χ1n) is 13.6. The van der Waals surface area contributed by atoms with Crippen molar-refractivity contribution in [3.8, 4) is 11.3 Å². The molecule has 0 spiro atoms. The minimum Gasteiger partial charge on any atom is -0.283 e. The molecule has 2 aliphatic heterocycles. The van der Waals surface area contributed by atoms with Gasteiger partial charge in [0, 0.05) is 14.7 Å². The molecular formula is C36H23F2IN2. The molecule has 0 amide bonds. The van der Waals surface area contributed by atoms with Gasteiger partial charge in [-0.1, -0.05) is 103 Å². The normalized spacial score (nSPS) is 17.3. The Morgan fingerprint density at radius 2 is 1.27 bits per heavy atom. The van der Waals surface area contributed by atoms with E-state index in [4.69, 9.17) is 0 Å². The number of allylic oxidation sites excluding steroid dienone is 1. The molecular weight excluding hydrogens is 625 g/mol. The van der Waals surface area contributed by atoms with Crippen molar-refractivity contribution in [3.05, 3.63) is 160 Å². The van der Waals surface area contributed by atoms with Gasteiger partial charge in [0.2, 0.25) is 0 Å². The Labute approximate surface area is 250 Å². The highest BCUT2D eigenvalue weighted by Crippen LogP contribution is 2.53. The van der Waals surface area contributed by atoms with Gasteiger partial charge >= 0.3 is 6.17 Å². The summed E-state index contributed by atoms with van der Waals surface area (Å²) in [7, 11) is 0. The van der Waals surface area contributed by atoms with E-state index in [0.29, 0.717) is 17.1 Å². The molecule has 0 fully saturated rings. The van der Waals surface area contributed by atoms with Crippen molar-refractivity contribution in [2.75, 3.05) is 0 Å². The van der Waals surface area contributed by atoms with Gasteiger partial charge in [-0.3, -0.25) is 9.47 Å². The lowest BCUT2D eigenvalue weighted by Gasteiger charge is -2.42. The highest BCUT2D eigenvalue weighted by molar-refractivity contribution is 14.1. The molecule has 5 aromatic carbocycles. The van der Waals surface area contributed by atoms with E-state index in [1.807, 2.05) is 133 Å². The van der Waals surface area contributed by atoms with Crippen molar-refractivity contribution in [2.24, 2.45) is 0 Å². The maximum atomic E-state index is 17.2. The molecule has 0 saturated carbocycles. The van der Waals surface area contributed by atoms with Crippen molar-refractivity contribution in [2.45, 2.75) is 12.2 Å². The number of nitrogens with zero attached hydrogens (tertiary/aromatic N) is 2. The molecule has 0 bridgehead atoms. The fraction of sp³-hybridized carbons (Fsp3) is 0.0556. The van der Waals surface area contributed by atoms with Gasteiger partial charge in [0.1, 0.15) is 0 Å². The Morgan fingerprint density at radius 3 is 2.05 bits per heavy atom. The van der Waals surface area contributed by atoms with Crippen LogP contribution in [0.2, 0.25) is 0 Å².